The first-order chi connectivity index (χ1) is 9.60. The Morgan fingerprint density at radius 1 is 1.35 bits per heavy atom. The third-order valence-corrected chi connectivity index (χ3v) is 4.45. The van der Waals surface area contributed by atoms with Crippen molar-refractivity contribution in [2.45, 2.75) is 18.2 Å². The number of nitrogens with zero attached hydrogens (tertiary/aromatic N) is 1. The number of ether oxygens (including phenoxy) is 2. The van der Waals surface area contributed by atoms with Crippen molar-refractivity contribution in [3.8, 4) is 0 Å². The summed E-state index contributed by atoms with van der Waals surface area (Å²) < 4.78 is 24.7. The number of likely N-dealkylation sites (tertiary alicyclic amines) is 1. The molecule has 1 saturated heterocycles. The molecule has 1 aromatic rings. The standard InChI is InChI=1S/C14H20BrFN2O2/c1-19-13-7-18(8-14(13)20-2)12(6-17)9-3-4-11(16)10(15)5-9/h3-5,12-14H,6-8,17H2,1-2H3. The van der Waals surface area contributed by atoms with Crippen molar-refractivity contribution in [2.75, 3.05) is 33.9 Å². The SMILES string of the molecule is COC1CN(C(CN)c2ccc(F)c(Br)c2)CC1OC. The fraction of sp³-hybridized carbons (Fsp3) is 0.571. The van der Waals surface area contributed by atoms with E-state index < -0.39 is 0 Å². The first kappa shape index (κ1) is 15.9. The van der Waals surface area contributed by atoms with Crippen LogP contribution in [-0.4, -0.2) is 51.0 Å². The van der Waals surface area contributed by atoms with Crippen LogP contribution in [0, 0.1) is 5.82 Å². The zero-order chi connectivity index (χ0) is 14.7. The predicted molar refractivity (Wildman–Crippen MR) is 79.1 cm³/mol. The van der Waals surface area contributed by atoms with E-state index in [0.29, 0.717) is 11.0 Å². The molecule has 1 fully saturated rings. The third kappa shape index (κ3) is 3.20. The van der Waals surface area contributed by atoms with Crippen molar-refractivity contribution in [2.24, 2.45) is 5.73 Å². The highest BCUT2D eigenvalue weighted by atomic mass is 79.9. The van der Waals surface area contributed by atoms with Crippen LogP contribution in [0.1, 0.15) is 11.6 Å². The summed E-state index contributed by atoms with van der Waals surface area (Å²) in [6, 6.07) is 5.05. The van der Waals surface area contributed by atoms with Crippen molar-refractivity contribution in [1.29, 1.82) is 0 Å². The number of rotatable bonds is 5. The minimum atomic E-state index is -0.268. The summed E-state index contributed by atoms with van der Waals surface area (Å²) in [5.41, 5.74) is 6.91. The van der Waals surface area contributed by atoms with E-state index in [2.05, 4.69) is 20.8 Å². The van der Waals surface area contributed by atoms with Gasteiger partial charge in [-0.05, 0) is 33.6 Å². The third-order valence-electron chi connectivity index (χ3n) is 3.84. The Hall–Kier alpha value is -0.530. The molecule has 0 aromatic heterocycles. The van der Waals surface area contributed by atoms with Crippen molar-refractivity contribution < 1.29 is 13.9 Å². The van der Waals surface area contributed by atoms with Crippen LogP contribution in [0.4, 0.5) is 4.39 Å². The first-order valence-electron chi connectivity index (χ1n) is 6.55. The molecule has 0 radical (unpaired) electrons. The van der Waals surface area contributed by atoms with E-state index in [-0.39, 0.29) is 24.1 Å². The van der Waals surface area contributed by atoms with Gasteiger partial charge in [0.2, 0.25) is 0 Å². The fourth-order valence-corrected chi connectivity index (χ4v) is 3.09. The molecule has 3 atom stereocenters. The van der Waals surface area contributed by atoms with Gasteiger partial charge in [0.05, 0.1) is 16.7 Å². The molecule has 2 rings (SSSR count). The average molecular weight is 347 g/mol. The molecule has 1 heterocycles. The molecular weight excluding hydrogens is 327 g/mol. The van der Waals surface area contributed by atoms with Crippen molar-refractivity contribution in [3.05, 3.63) is 34.1 Å². The number of hydrogen-bond acceptors (Lipinski definition) is 4. The second-order valence-corrected chi connectivity index (χ2v) is 5.78. The summed E-state index contributed by atoms with van der Waals surface area (Å²) >= 11 is 3.22. The van der Waals surface area contributed by atoms with Gasteiger partial charge in [-0.1, -0.05) is 6.07 Å². The maximum absolute atomic E-state index is 13.3. The Kier molecular flexibility index (Phi) is 5.51. The van der Waals surface area contributed by atoms with Gasteiger partial charge in [-0.3, -0.25) is 4.90 Å². The molecule has 2 N–H and O–H groups in total. The van der Waals surface area contributed by atoms with Crippen LogP contribution < -0.4 is 5.73 Å². The molecule has 20 heavy (non-hydrogen) atoms. The van der Waals surface area contributed by atoms with Crippen LogP contribution in [0.15, 0.2) is 22.7 Å². The van der Waals surface area contributed by atoms with E-state index in [1.54, 1.807) is 26.4 Å². The van der Waals surface area contributed by atoms with Crippen LogP contribution in [0.3, 0.4) is 0 Å². The van der Waals surface area contributed by atoms with E-state index in [0.717, 1.165) is 18.7 Å². The minimum absolute atomic E-state index is 0.0321. The molecule has 1 aliphatic heterocycles. The topological polar surface area (TPSA) is 47.7 Å². The van der Waals surface area contributed by atoms with Crippen LogP contribution in [0.25, 0.3) is 0 Å². The Bertz CT molecular complexity index is 449. The predicted octanol–water partition coefficient (Wildman–Crippen LogP) is 1.93. The second-order valence-electron chi connectivity index (χ2n) is 4.93. The van der Waals surface area contributed by atoms with Gasteiger partial charge in [-0.2, -0.15) is 0 Å². The normalized spacial score (nSPS) is 25.1. The van der Waals surface area contributed by atoms with Gasteiger partial charge < -0.3 is 15.2 Å². The molecule has 1 aliphatic rings. The average Bonchev–Trinajstić information content (AvgIpc) is 2.86. The summed E-state index contributed by atoms with van der Waals surface area (Å²) in [5, 5.41) is 0. The molecule has 3 unspecified atom stereocenters. The molecule has 0 amide bonds. The lowest BCUT2D eigenvalue weighted by atomic mass is 10.1. The quantitative estimate of drug-likeness (QED) is 0.884. The molecule has 0 bridgehead atoms. The van der Waals surface area contributed by atoms with Gasteiger partial charge in [-0.15, -0.1) is 0 Å². The number of benzene rings is 1. The van der Waals surface area contributed by atoms with E-state index >= 15 is 0 Å². The molecule has 4 nitrogen and oxygen atoms in total. The van der Waals surface area contributed by atoms with E-state index in [1.807, 2.05) is 0 Å². The summed E-state index contributed by atoms with van der Waals surface area (Å²) in [6.45, 7) is 1.97. The Morgan fingerprint density at radius 3 is 2.40 bits per heavy atom. The largest absolute Gasteiger partial charge is 0.377 e. The lowest BCUT2D eigenvalue weighted by Gasteiger charge is -2.27. The highest BCUT2D eigenvalue weighted by molar-refractivity contribution is 9.10. The summed E-state index contributed by atoms with van der Waals surface area (Å²) in [4.78, 5) is 2.22. The molecule has 0 saturated carbocycles. The van der Waals surface area contributed by atoms with Gasteiger partial charge in [-0.25, -0.2) is 4.39 Å². The van der Waals surface area contributed by atoms with E-state index in [9.17, 15) is 4.39 Å². The van der Waals surface area contributed by atoms with Crippen molar-refractivity contribution >= 4 is 15.9 Å². The lowest BCUT2D eigenvalue weighted by Crippen LogP contribution is -2.33. The van der Waals surface area contributed by atoms with Crippen molar-refractivity contribution in [1.82, 2.24) is 4.90 Å². The fourth-order valence-electron chi connectivity index (χ4n) is 2.69. The van der Waals surface area contributed by atoms with Crippen molar-refractivity contribution in [3.63, 3.8) is 0 Å². The van der Waals surface area contributed by atoms with Crippen LogP contribution in [0.2, 0.25) is 0 Å². The number of halogens is 2. The smallest absolute Gasteiger partial charge is 0.137 e. The summed E-state index contributed by atoms with van der Waals surface area (Å²) in [6.07, 6.45) is 0.0795. The zero-order valence-corrected chi connectivity index (χ0v) is 13.3. The van der Waals surface area contributed by atoms with E-state index in [4.69, 9.17) is 15.2 Å². The number of nitrogens with two attached hydrogens (primary N) is 1. The van der Waals surface area contributed by atoms with Crippen LogP contribution >= 0.6 is 15.9 Å². The monoisotopic (exact) mass is 346 g/mol. The number of methoxy groups -OCH3 is 2. The Balaban J connectivity index is 2.18. The molecule has 1 aromatic carbocycles. The molecule has 0 spiro atoms. The van der Waals surface area contributed by atoms with Crippen LogP contribution in [-0.2, 0) is 9.47 Å². The van der Waals surface area contributed by atoms with E-state index in [1.165, 1.54) is 6.07 Å². The molecule has 0 aliphatic carbocycles. The second kappa shape index (κ2) is 6.95. The maximum Gasteiger partial charge on any atom is 0.137 e. The Labute approximate surface area is 127 Å². The molecule has 6 heteroatoms. The lowest BCUT2D eigenvalue weighted by molar-refractivity contribution is -0.00461. The van der Waals surface area contributed by atoms with Crippen LogP contribution in [0.5, 0.6) is 0 Å². The summed E-state index contributed by atoms with van der Waals surface area (Å²) in [5.74, 6) is -0.268. The van der Waals surface area contributed by atoms with Gasteiger partial charge in [0.25, 0.3) is 0 Å². The first-order valence-corrected chi connectivity index (χ1v) is 7.34. The minimum Gasteiger partial charge on any atom is -0.377 e. The molecule has 112 valence electrons. The zero-order valence-electron chi connectivity index (χ0n) is 11.7. The maximum atomic E-state index is 13.3. The number of hydrogen-bond donors (Lipinski definition) is 1. The Morgan fingerprint density at radius 2 is 1.95 bits per heavy atom. The van der Waals surface area contributed by atoms with Gasteiger partial charge in [0.1, 0.15) is 5.82 Å². The van der Waals surface area contributed by atoms with Gasteiger partial charge >= 0.3 is 0 Å². The highest BCUT2D eigenvalue weighted by Gasteiger charge is 2.36. The highest BCUT2D eigenvalue weighted by Crippen LogP contribution is 2.29. The van der Waals surface area contributed by atoms with Gasteiger partial charge in [0, 0.05) is 39.9 Å². The van der Waals surface area contributed by atoms with Gasteiger partial charge in [0.15, 0.2) is 0 Å². The molecular formula is C14H20BrFN2O2. The summed E-state index contributed by atoms with van der Waals surface area (Å²) in [7, 11) is 3.37.